The summed E-state index contributed by atoms with van der Waals surface area (Å²) in [6, 6.07) is -1.02. The molecule has 2 atom stereocenters. The highest BCUT2D eigenvalue weighted by molar-refractivity contribution is 5.91. The van der Waals surface area contributed by atoms with Gasteiger partial charge >= 0.3 is 5.97 Å². The van der Waals surface area contributed by atoms with Crippen LogP contribution >= 0.6 is 0 Å². The zero-order valence-corrected chi connectivity index (χ0v) is 11.4. The van der Waals surface area contributed by atoms with Gasteiger partial charge in [0.15, 0.2) is 0 Å². The molecule has 0 aromatic rings. The fourth-order valence-electron chi connectivity index (χ4n) is 2.06. The van der Waals surface area contributed by atoms with Crippen molar-refractivity contribution in [2.45, 2.75) is 37.8 Å². The van der Waals surface area contributed by atoms with Gasteiger partial charge < -0.3 is 26.8 Å². The fourth-order valence-corrected chi connectivity index (χ4v) is 2.06. The maximum absolute atomic E-state index is 12.0. The van der Waals surface area contributed by atoms with Crippen molar-refractivity contribution in [3.05, 3.63) is 0 Å². The number of carbonyl (C=O) groups excluding carboxylic acids is 2. The molecule has 1 aliphatic rings. The molecule has 8 nitrogen and oxygen atoms in total. The highest BCUT2D eigenvalue weighted by Crippen LogP contribution is 2.06. The number of nitrogens with one attached hydrogen (secondary N) is 3. The van der Waals surface area contributed by atoms with Crippen LogP contribution in [0.5, 0.6) is 0 Å². The number of carbonyl (C=O) groups is 3. The van der Waals surface area contributed by atoms with Crippen LogP contribution in [0.2, 0.25) is 0 Å². The molecule has 0 aromatic carbocycles. The summed E-state index contributed by atoms with van der Waals surface area (Å²) >= 11 is 0. The van der Waals surface area contributed by atoms with Crippen molar-refractivity contribution < 1.29 is 19.5 Å². The maximum Gasteiger partial charge on any atom is 0.322 e. The topological polar surface area (TPSA) is 134 Å². The molecule has 2 amide bonds. The number of aliphatic carboxylic acids is 1. The summed E-state index contributed by atoms with van der Waals surface area (Å²) in [6.07, 6.45) is 2.63. The molecule has 0 bridgehead atoms. The molecule has 0 spiro atoms. The lowest BCUT2D eigenvalue weighted by molar-refractivity contribution is -0.138. The first-order chi connectivity index (χ1) is 9.54. The summed E-state index contributed by atoms with van der Waals surface area (Å²) in [5.41, 5.74) is 5.40. The zero-order chi connectivity index (χ0) is 15.0. The van der Waals surface area contributed by atoms with E-state index in [1.54, 1.807) is 0 Å². The Hall–Kier alpha value is -1.67. The number of hydrogen-bond acceptors (Lipinski definition) is 5. The Kier molecular flexibility index (Phi) is 6.96. The Morgan fingerprint density at radius 1 is 1.40 bits per heavy atom. The first-order valence-corrected chi connectivity index (χ1v) is 6.78. The van der Waals surface area contributed by atoms with Gasteiger partial charge in [-0.1, -0.05) is 0 Å². The van der Waals surface area contributed by atoms with Gasteiger partial charge in [-0.2, -0.15) is 0 Å². The van der Waals surface area contributed by atoms with Crippen LogP contribution in [0, 0.1) is 0 Å². The summed E-state index contributed by atoms with van der Waals surface area (Å²) in [6.45, 7) is 0.729. The highest BCUT2D eigenvalue weighted by Gasteiger charge is 2.27. The largest absolute Gasteiger partial charge is 0.480 e. The second kappa shape index (κ2) is 8.49. The first kappa shape index (κ1) is 16.4. The quantitative estimate of drug-likeness (QED) is 0.356. The van der Waals surface area contributed by atoms with Crippen LogP contribution in [0.3, 0.4) is 0 Å². The molecule has 0 aliphatic carbocycles. The second-order valence-electron chi connectivity index (χ2n) is 4.75. The standard InChI is InChI=1S/C12H22N4O4/c13-5-1-3-9(11(19)15-7-10(17)18)16-12(20)8-4-2-6-14-8/h8-9,14H,1-7,13H2,(H,15,19)(H,16,20)(H,17,18)/t8-,9-/m0/s1. The van der Waals surface area contributed by atoms with E-state index in [0.717, 1.165) is 19.4 Å². The van der Waals surface area contributed by atoms with Crippen LogP contribution in [0.25, 0.3) is 0 Å². The summed E-state index contributed by atoms with van der Waals surface area (Å²) in [5.74, 6) is -1.85. The van der Waals surface area contributed by atoms with E-state index in [1.807, 2.05) is 0 Å². The molecule has 0 radical (unpaired) electrons. The van der Waals surface area contributed by atoms with Gasteiger partial charge in [0, 0.05) is 0 Å². The minimum Gasteiger partial charge on any atom is -0.480 e. The van der Waals surface area contributed by atoms with Crippen LogP contribution in [-0.4, -0.2) is 54.6 Å². The van der Waals surface area contributed by atoms with E-state index in [0.29, 0.717) is 19.4 Å². The SMILES string of the molecule is NCCC[C@H](NC(=O)[C@@H]1CCCN1)C(=O)NCC(=O)O. The summed E-state index contributed by atoms with van der Waals surface area (Å²) in [5, 5.41) is 16.5. The van der Waals surface area contributed by atoms with Crippen molar-refractivity contribution in [2.24, 2.45) is 5.73 Å². The van der Waals surface area contributed by atoms with E-state index in [9.17, 15) is 14.4 Å². The molecular formula is C12H22N4O4. The number of nitrogens with two attached hydrogens (primary N) is 1. The Balaban J connectivity index is 2.50. The average molecular weight is 286 g/mol. The van der Waals surface area contributed by atoms with Crippen LogP contribution in [-0.2, 0) is 14.4 Å². The lowest BCUT2D eigenvalue weighted by Crippen LogP contribution is -2.52. The molecule has 1 fully saturated rings. The predicted molar refractivity (Wildman–Crippen MR) is 71.9 cm³/mol. The van der Waals surface area contributed by atoms with E-state index >= 15 is 0 Å². The van der Waals surface area contributed by atoms with E-state index in [-0.39, 0.29) is 11.9 Å². The number of rotatable bonds is 8. The highest BCUT2D eigenvalue weighted by atomic mass is 16.4. The molecule has 1 saturated heterocycles. The Labute approximate surface area is 117 Å². The molecule has 1 heterocycles. The minimum absolute atomic E-state index is 0.227. The molecule has 114 valence electrons. The van der Waals surface area contributed by atoms with Crippen molar-refractivity contribution >= 4 is 17.8 Å². The van der Waals surface area contributed by atoms with E-state index in [4.69, 9.17) is 10.8 Å². The van der Waals surface area contributed by atoms with Gasteiger partial charge in [0.2, 0.25) is 11.8 Å². The maximum atomic E-state index is 12.0. The first-order valence-electron chi connectivity index (χ1n) is 6.78. The summed E-state index contributed by atoms with van der Waals surface area (Å²) in [4.78, 5) is 34.3. The molecule has 0 unspecified atom stereocenters. The third-order valence-electron chi connectivity index (χ3n) is 3.12. The molecule has 20 heavy (non-hydrogen) atoms. The Morgan fingerprint density at radius 2 is 2.15 bits per heavy atom. The van der Waals surface area contributed by atoms with Crippen molar-refractivity contribution in [3.8, 4) is 0 Å². The number of carboxylic acids is 1. The fraction of sp³-hybridized carbons (Fsp3) is 0.750. The number of carboxylic acid groups (broad SMARTS) is 1. The van der Waals surface area contributed by atoms with E-state index < -0.39 is 24.5 Å². The van der Waals surface area contributed by atoms with Gasteiger partial charge in [0.25, 0.3) is 0 Å². The number of hydrogen-bond donors (Lipinski definition) is 5. The van der Waals surface area contributed by atoms with Crippen molar-refractivity contribution in [1.82, 2.24) is 16.0 Å². The molecule has 6 N–H and O–H groups in total. The van der Waals surface area contributed by atoms with Crippen LogP contribution < -0.4 is 21.7 Å². The monoisotopic (exact) mass is 286 g/mol. The van der Waals surface area contributed by atoms with Crippen LogP contribution in [0.4, 0.5) is 0 Å². The van der Waals surface area contributed by atoms with Crippen molar-refractivity contribution in [1.29, 1.82) is 0 Å². The molecule has 1 aliphatic heterocycles. The summed E-state index contributed by atoms with van der Waals surface area (Å²) < 4.78 is 0. The lowest BCUT2D eigenvalue weighted by atomic mass is 10.1. The van der Waals surface area contributed by atoms with Crippen LogP contribution in [0.15, 0.2) is 0 Å². The van der Waals surface area contributed by atoms with Gasteiger partial charge in [-0.15, -0.1) is 0 Å². The third-order valence-corrected chi connectivity index (χ3v) is 3.12. The van der Waals surface area contributed by atoms with Gasteiger partial charge in [-0.05, 0) is 38.8 Å². The van der Waals surface area contributed by atoms with Crippen molar-refractivity contribution in [2.75, 3.05) is 19.6 Å². The Morgan fingerprint density at radius 3 is 2.70 bits per heavy atom. The molecule has 0 saturated carbocycles. The van der Waals surface area contributed by atoms with Gasteiger partial charge in [-0.3, -0.25) is 14.4 Å². The van der Waals surface area contributed by atoms with Gasteiger partial charge in [-0.25, -0.2) is 0 Å². The minimum atomic E-state index is -1.13. The normalized spacial score (nSPS) is 19.4. The van der Waals surface area contributed by atoms with Gasteiger partial charge in [0.1, 0.15) is 12.6 Å². The smallest absolute Gasteiger partial charge is 0.322 e. The number of amides is 2. The molecule has 0 aromatic heterocycles. The van der Waals surface area contributed by atoms with Gasteiger partial charge in [0.05, 0.1) is 6.04 Å². The predicted octanol–water partition coefficient (Wildman–Crippen LogP) is -1.84. The van der Waals surface area contributed by atoms with E-state index in [2.05, 4.69) is 16.0 Å². The van der Waals surface area contributed by atoms with Crippen LogP contribution in [0.1, 0.15) is 25.7 Å². The molecule has 1 rings (SSSR count). The zero-order valence-electron chi connectivity index (χ0n) is 11.4. The molecular weight excluding hydrogens is 264 g/mol. The molecule has 8 heteroatoms. The average Bonchev–Trinajstić information content (AvgIpc) is 2.94. The van der Waals surface area contributed by atoms with E-state index in [1.165, 1.54) is 0 Å². The Bertz CT molecular complexity index is 355. The van der Waals surface area contributed by atoms with Crippen molar-refractivity contribution in [3.63, 3.8) is 0 Å². The lowest BCUT2D eigenvalue weighted by Gasteiger charge is -2.20. The second-order valence-corrected chi connectivity index (χ2v) is 4.75. The third kappa shape index (κ3) is 5.54. The summed E-state index contributed by atoms with van der Waals surface area (Å²) in [7, 11) is 0.